The van der Waals surface area contributed by atoms with Crippen LogP contribution in [0.25, 0.3) is 0 Å². The molecule has 2 saturated heterocycles. The summed E-state index contributed by atoms with van der Waals surface area (Å²) in [4.78, 5) is 32.7. The lowest BCUT2D eigenvalue weighted by Crippen LogP contribution is -2.48. The summed E-state index contributed by atoms with van der Waals surface area (Å²) in [7, 11) is 3.47. The summed E-state index contributed by atoms with van der Waals surface area (Å²) in [6.07, 6.45) is 2.62. The molecule has 102 valence electrons. The predicted molar refractivity (Wildman–Crippen MR) is 65.7 cm³/mol. The number of hydroxylamine groups is 2. The van der Waals surface area contributed by atoms with E-state index in [1.807, 2.05) is 0 Å². The van der Waals surface area contributed by atoms with E-state index in [4.69, 9.17) is 4.84 Å². The van der Waals surface area contributed by atoms with Crippen molar-refractivity contribution in [3.05, 3.63) is 0 Å². The summed E-state index contributed by atoms with van der Waals surface area (Å²) >= 11 is 0. The number of rotatable bonds is 1. The zero-order valence-electron chi connectivity index (χ0n) is 11.1. The summed E-state index contributed by atoms with van der Waals surface area (Å²) in [5, 5.41) is 1.47. The number of nitrogens with zero attached hydrogens (tertiary/aromatic N) is 3. The monoisotopic (exact) mass is 255 g/mol. The molecule has 0 aromatic carbocycles. The Labute approximate surface area is 107 Å². The Morgan fingerprint density at radius 1 is 1.22 bits per heavy atom. The molecule has 0 bridgehead atoms. The number of likely N-dealkylation sites (tertiary alicyclic amines) is 1. The van der Waals surface area contributed by atoms with Gasteiger partial charge in [0.1, 0.15) is 0 Å². The molecule has 0 aromatic rings. The lowest BCUT2D eigenvalue weighted by molar-refractivity contribution is -0.174. The minimum Gasteiger partial charge on any atom is -0.331 e. The van der Waals surface area contributed by atoms with E-state index in [9.17, 15) is 9.59 Å². The number of carbonyl (C=O) groups excluding carboxylic acids is 2. The van der Waals surface area contributed by atoms with Crippen LogP contribution in [0, 0.1) is 5.92 Å². The molecule has 1 unspecified atom stereocenters. The highest BCUT2D eigenvalue weighted by molar-refractivity contribution is 5.80. The Bertz CT molecular complexity index is 327. The van der Waals surface area contributed by atoms with Gasteiger partial charge in [-0.25, -0.2) is 9.86 Å². The van der Waals surface area contributed by atoms with Crippen LogP contribution in [0.3, 0.4) is 0 Å². The van der Waals surface area contributed by atoms with Gasteiger partial charge in [0.2, 0.25) is 0 Å². The van der Waals surface area contributed by atoms with Gasteiger partial charge in [0.15, 0.2) is 0 Å². The maximum absolute atomic E-state index is 12.2. The van der Waals surface area contributed by atoms with Gasteiger partial charge in [-0.05, 0) is 19.3 Å². The van der Waals surface area contributed by atoms with Crippen LogP contribution in [-0.2, 0) is 9.63 Å². The van der Waals surface area contributed by atoms with Crippen LogP contribution in [0.2, 0.25) is 0 Å². The zero-order chi connectivity index (χ0) is 13.1. The highest BCUT2D eigenvalue weighted by atomic mass is 16.7. The molecule has 0 radical (unpaired) electrons. The fourth-order valence-electron chi connectivity index (χ4n) is 2.46. The van der Waals surface area contributed by atoms with E-state index in [0.717, 1.165) is 25.8 Å². The van der Waals surface area contributed by atoms with E-state index in [0.29, 0.717) is 19.7 Å². The average molecular weight is 255 g/mol. The Morgan fingerprint density at radius 3 is 2.61 bits per heavy atom. The maximum Gasteiger partial charge on any atom is 0.319 e. The molecule has 0 aliphatic carbocycles. The highest BCUT2D eigenvalue weighted by Gasteiger charge is 2.33. The lowest BCUT2D eigenvalue weighted by atomic mass is 9.97. The van der Waals surface area contributed by atoms with Gasteiger partial charge in [0.25, 0.3) is 5.91 Å². The lowest BCUT2D eigenvalue weighted by Gasteiger charge is -2.34. The van der Waals surface area contributed by atoms with Crippen molar-refractivity contribution < 1.29 is 14.4 Å². The van der Waals surface area contributed by atoms with Crippen molar-refractivity contribution in [1.29, 1.82) is 0 Å². The summed E-state index contributed by atoms with van der Waals surface area (Å²) < 4.78 is 0. The van der Waals surface area contributed by atoms with Crippen molar-refractivity contribution in [3.8, 4) is 0 Å². The molecule has 6 nitrogen and oxygen atoms in total. The van der Waals surface area contributed by atoms with Crippen molar-refractivity contribution in [3.63, 3.8) is 0 Å². The Morgan fingerprint density at radius 2 is 2.00 bits per heavy atom. The number of hydrogen-bond acceptors (Lipinski definition) is 3. The van der Waals surface area contributed by atoms with Crippen LogP contribution in [0.5, 0.6) is 0 Å². The van der Waals surface area contributed by atoms with Gasteiger partial charge in [-0.2, -0.15) is 0 Å². The van der Waals surface area contributed by atoms with Crippen LogP contribution in [-0.4, -0.2) is 67.1 Å². The van der Waals surface area contributed by atoms with Crippen molar-refractivity contribution in [2.75, 3.05) is 40.3 Å². The number of piperidine rings is 1. The largest absolute Gasteiger partial charge is 0.331 e. The quantitative estimate of drug-likeness (QED) is 0.687. The summed E-state index contributed by atoms with van der Waals surface area (Å²) in [6, 6.07) is -0.0187. The average Bonchev–Trinajstić information content (AvgIpc) is 2.91. The van der Waals surface area contributed by atoms with Gasteiger partial charge in [0, 0.05) is 27.2 Å². The molecule has 2 aliphatic rings. The van der Waals surface area contributed by atoms with E-state index in [1.165, 1.54) is 5.06 Å². The Kier molecular flexibility index (Phi) is 4.06. The normalized spacial score (nSPS) is 24.2. The first-order chi connectivity index (χ1) is 8.59. The minimum absolute atomic E-state index is 0.0187. The fourth-order valence-corrected chi connectivity index (χ4v) is 2.46. The van der Waals surface area contributed by atoms with E-state index < -0.39 is 0 Å². The summed E-state index contributed by atoms with van der Waals surface area (Å²) in [6.45, 7) is 2.55. The summed E-state index contributed by atoms with van der Waals surface area (Å²) in [5.41, 5.74) is 0. The second-order valence-corrected chi connectivity index (χ2v) is 5.09. The first-order valence-corrected chi connectivity index (χ1v) is 6.50. The number of hydrogen-bond donors (Lipinski definition) is 0. The summed E-state index contributed by atoms with van der Waals surface area (Å²) in [5.74, 6) is -0.0792. The predicted octanol–water partition coefficient (Wildman–Crippen LogP) is 0.544. The molecule has 2 heterocycles. The molecular weight excluding hydrogens is 234 g/mol. The molecule has 0 aromatic heterocycles. The van der Waals surface area contributed by atoms with Crippen LogP contribution in [0.4, 0.5) is 4.79 Å². The maximum atomic E-state index is 12.2. The zero-order valence-corrected chi connectivity index (χ0v) is 11.1. The second kappa shape index (κ2) is 5.56. The molecule has 0 N–H and O–H groups in total. The number of carbonyl (C=O) groups is 2. The standard InChI is InChI=1S/C12H21N3O3/c1-13(2)12(17)14-6-3-5-10(9-14)11(16)15-7-4-8-18-15/h10H,3-9H2,1-2H3. The third kappa shape index (κ3) is 2.75. The van der Waals surface area contributed by atoms with Gasteiger partial charge in [0.05, 0.1) is 19.1 Å². The van der Waals surface area contributed by atoms with Crippen molar-refractivity contribution >= 4 is 11.9 Å². The third-order valence-electron chi connectivity index (χ3n) is 3.42. The molecule has 2 fully saturated rings. The number of urea groups is 1. The first-order valence-electron chi connectivity index (χ1n) is 6.50. The molecule has 3 amide bonds. The first kappa shape index (κ1) is 13.1. The van der Waals surface area contributed by atoms with Gasteiger partial charge in [-0.3, -0.25) is 9.63 Å². The van der Waals surface area contributed by atoms with E-state index in [1.54, 1.807) is 23.9 Å². The molecule has 1 atom stereocenters. The second-order valence-electron chi connectivity index (χ2n) is 5.09. The van der Waals surface area contributed by atoms with Crippen LogP contribution < -0.4 is 0 Å². The SMILES string of the molecule is CN(C)C(=O)N1CCCC(C(=O)N2CCCO2)C1. The molecule has 6 heteroatoms. The Balaban J connectivity index is 1.93. The smallest absolute Gasteiger partial charge is 0.319 e. The van der Waals surface area contributed by atoms with Gasteiger partial charge in [-0.15, -0.1) is 0 Å². The highest BCUT2D eigenvalue weighted by Crippen LogP contribution is 2.21. The number of amides is 3. The van der Waals surface area contributed by atoms with Crippen LogP contribution >= 0.6 is 0 Å². The van der Waals surface area contributed by atoms with E-state index in [2.05, 4.69) is 0 Å². The van der Waals surface area contributed by atoms with Crippen LogP contribution in [0.15, 0.2) is 0 Å². The molecule has 2 rings (SSSR count). The van der Waals surface area contributed by atoms with Crippen molar-refractivity contribution in [1.82, 2.24) is 14.9 Å². The molecule has 0 saturated carbocycles. The van der Waals surface area contributed by atoms with Crippen molar-refractivity contribution in [2.45, 2.75) is 19.3 Å². The molecule has 18 heavy (non-hydrogen) atoms. The topological polar surface area (TPSA) is 53.1 Å². The van der Waals surface area contributed by atoms with Gasteiger partial charge < -0.3 is 9.80 Å². The molecule has 0 spiro atoms. The Hall–Kier alpha value is -1.30. The van der Waals surface area contributed by atoms with Crippen molar-refractivity contribution in [2.24, 2.45) is 5.92 Å². The van der Waals surface area contributed by atoms with E-state index in [-0.39, 0.29) is 17.9 Å². The molecule has 2 aliphatic heterocycles. The minimum atomic E-state index is -0.110. The van der Waals surface area contributed by atoms with E-state index >= 15 is 0 Å². The molecular formula is C12H21N3O3. The van der Waals surface area contributed by atoms with Crippen LogP contribution in [0.1, 0.15) is 19.3 Å². The van der Waals surface area contributed by atoms with Gasteiger partial charge >= 0.3 is 6.03 Å². The third-order valence-corrected chi connectivity index (χ3v) is 3.42. The van der Waals surface area contributed by atoms with Gasteiger partial charge in [-0.1, -0.05) is 0 Å². The fraction of sp³-hybridized carbons (Fsp3) is 0.833.